The van der Waals surface area contributed by atoms with Gasteiger partial charge in [-0.3, -0.25) is 24.2 Å². The molecule has 1 fully saturated rings. The van der Waals surface area contributed by atoms with E-state index in [4.69, 9.17) is 5.11 Å². The van der Waals surface area contributed by atoms with Crippen molar-refractivity contribution < 1.29 is 19.5 Å². The van der Waals surface area contributed by atoms with Crippen molar-refractivity contribution in [2.24, 2.45) is 0 Å². The number of hydrogen-bond acceptors (Lipinski definition) is 4. The molecule has 3 unspecified atom stereocenters. The molecule has 1 N–H and O–H groups in total. The van der Waals surface area contributed by atoms with E-state index in [9.17, 15) is 14.4 Å². The molecule has 1 aliphatic heterocycles. The Balaban J connectivity index is 2.87. The lowest BCUT2D eigenvalue weighted by molar-refractivity contribution is -0.144. The van der Waals surface area contributed by atoms with Crippen LogP contribution in [-0.4, -0.2) is 57.4 Å². The molecule has 0 aromatic rings. The van der Waals surface area contributed by atoms with Crippen LogP contribution in [-0.2, 0) is 14.4 Å². The van der Waals surface area contributed by atoms with Crippen molar-refractivity contribution in [2.75, 3.05) is 6.54 Å². The molecule has 0 saturated carbocycles. The standard InChI is InChI=1S/C14H24N2O4/c1-5-9(3)16-12(17)8-11(14(16)20)15(6-2)10(4)7-13(18)19/h9-11H,5-8H2,1-4H3,(H,18,19). The van der Waals surface area contributed by atoms with Gasteiger partial charge < -0.3 is 5.11 Å². The average molecular weight is 284 g/mol. The van der Waals surface area contributed by atoms with E-state index >= 15 is 0 Å². The zero-order valence-corrected chi connectivity index (χ0v) is 12.6. The first kappa shape index (κ1) is 16.6. The summed E-state index contributed by atoms with van der Waals surface area (Å²) >= 11 is 0. The number of carboxylic acid groups (broad SMARTS) is 1. The number of carbonyl (C=O) groups is 3. The number of hydrogen-bond donors (Lipinski definition) is 1. The number of likely N-dealkylation sites (N-methyl/N-ethyl adjacent to an activating group) is 1. The van der Waals surface area contributed by atoms with Crippen molar-refractivity contribution in [1.29, 1.82) is 0 Å². The SMILES string of the molecule is CCC(C)N1C(=O)CC(N(CC)C(C)CC(=O)O)C1=O. The van der Waals surface area contributed by atoms with E-state index in [1.807, 2.05) is 25.7 Å². The van der Waals surface area contributed by atoms with Gasteiger partial charge in [-0.1, -0.05) is 13.8 Å². The highest BCUT2D eigenvalue weighted by Crippen LogP contribution is 2.24. The highest BCUT2D eigenvalue weighted by atomic mass is 16.4. The highest BCUT2D eigenvalue weighted by molar-refractivity contribution is 6.05. The molecule has 6 heteroatoms. The van der Waals surface area contributed by atoms with Crippen LogP contribution in [0.15, 0.2) is 0 Å². The van der Waals surface area contributed by atoms with Crippen molar-refractivity contribution in [2.45, 2.75) is 65.1 Å². The number of likely N-dealkylation sites (tertiary alicyclic amines) is 1. The van der Waals surface area contributed by atoms with Crippen LogP contribution >= 0.6 is 0 Å². The highest BCUT2D eigenvalue weighted by Gasteiger charge is 2.44. The predicted molar refractivity (Wildman–Crippen MR) is 74.1 cm³/mol. The normalized spacial score (nSPS) is 22.4. The Morgan fingerprint density at radius 1 is 1.40 bits per heavy atom. The molecule has 0 aromatic heterocycles. The van der Waals surface area contributed by atoms with Crippen molar-refractivity contribution >= 4 is 17.8 Å². The van der Waals surface area contributed by atoms with Gasteiger partial charge in [-0.2, -0.15) is 0 Å². The fourth-order valence-electron chi connectivity index (χ4n) is 2.75. The van der Waals surface area contributed by atoms with E-state index in [1.54, 1.807) is 6.92 Å². The van der Waals surface area contributed by atoms with Crippen molar-refractivity contribution in [3.63, 3.8) is 0 Å². The molecule has 1 heterocycles. The quantitative estimate of drug-likeness (QED) is 0.708. The minimum absolute atomic E-state index is 0.0326. The molecule has 0 spiro atoms. The third-order valence-electron chi connectivity index (χ3n) is 3.99. The number of nitrogens with zero attached hydrogens (tertiary/aromatic N) is 2. The molecular formula is C14H24N2O4. The second-order valence-corrected chi connectivity index (χ2v) is 5.36. The van der Waals surface area contributed by atoms with Gasteiger partial charge in [0.05, 0.1) is 18.9 Å². The number of aliphatic carboxylic acids is 1. The number of amides is 2. The Hall–Kier alpha value is -1.43. The molecular weight excluding hydrogens is 260 g/mol. The molecule has 0 aromatic carbocycles. The molecule has 1 aliphatic rings. The first-order valence-corrected chi connectivity index (χ1v) is 7.16. The average Bonchev–Trinajstić information content (AvgIpc) is 2.64. The number of carboxylic acids is 1. The fraction of sp³-hybridized carbons (Fsp3) is 0.786. The van der Waals surface area contributed by atoms with Gasteiger partial charge in [0.25, 0.3) is 0 Å². The summed E-state index contributed by atoms with van der Waals surface area (Å²) in [7, 11) is 0. The monoisotopic (exact) mass is 284 g/mol. The zero-order valence-electron chi connectivity index (χ0n) is 12.6. The number of carbonyl (C=O) groups excluding carboxylic acids is 2. The topological polar surface area (TPSA) is 77.9 Å². The van der Waals surface area contributed by atoms with E-state index in [0.717, 1.165) is 6.42 Å². The van der Waals surface area contributed by atoms with Crippen LogP contribution in [0.2, 0.25) is 0 Å². The number of rotatable bonds is 7. The molecule has 1 rings (SSSR count). The summed E-state index contributed by atoms with van der Waals surface area (Å²) in [5.41, 5.74) is 0. The molecule has 2 amide bonds. The second kappa shape index (κ2) is 6.83. The van der Waals surface area contributed by atoms with Gasteiger partial charge in [0.2, 0.25) is 11.8 Å². The van der Waals surface area contributed by atoms with E-state index in [1.165, 1.54) is 4.90 Å². The van der Waals surface area contributed by atoms with Crippen LogP contribution in [0.25, 0.3) is 0 Å². The van der Waals surface area contributed by atoms with Crippen molar-refractivity contribution in [3.8, 4) is 0 Å². The largest absolute Gasteiger partial charge is 0.481 e. The Kier molecular flexibility index (Phi) is 5.68. The molecule has 0 bridgehead atoms. The van der Waals surface area contributed by atoms with Gasteiger partial charge in [0.1, 0.15) is 0 Å². The second-order valence-electron chi connectivity index (χ2n) is 5.36. The molecule has 114 valence electrons. The maximum absolute atomic E-state index is 12.4. The van der Waals surface area contributed by atoms with Crippen LogP contribution in [0.1, 0.15) is 47.0 Å². The first-order valence-electron chi connectivity index (χ1n) is 7.16. The number of imide groups is 1. The van der Waals surface area contributed by atoms with Gasteiger partial charge >= 0.3 is 5.97 Å². The van der Waals surface area contributed by atoms with Gasteiger partial charge in [-0.05, 0) is 26.8 Å². The van der Waals surface area contributed by atoms with Gasteiger partial charge in [-0.15, -0.1) is 0 Å². The van der Waals surface area contributed by atoms with Crippen molar-refractivity contribution in [3.05, 3.63) is 0 Å². The van der Waals surface area contributed by atoms with Crippen LogP contribution in [0.4, 0.5) is 0 Å². The summed E-state index contributed by atoms with van der Waals surface area (Å²) in [5, 5.41) is 8.88. The predicted octanol–water partition coefficient (Wildman–Crippen LogP) is 1.10. The van der Waals surface area contributed by atoms with Crippen LogP contribution in [0.3, 0.4) is 0 Å². The smallest absolute Gasteiger partial charge is 0.304 e. The summed E-state index contributed by atoms with van der Waals surface area (Å²) < 4.78 is 0. The lowest BCUT2D eigenvalue weighted by Crippen LogP contribution is -2.48. The molecule has 0 aliphatic carbocycles. The molecule has 0 radical (unpaired) electrons. The van der Waals surface area contributed by atoms with Crippen LogP contribution < -0.4 is 0 Å². The third-order valence-corrected chi connectivity index (χ3v) is 3.99. The van der Waals surface area contributed by atoms with E-state index in [2.05, 4.69) is 0 Å². The summed E-state index contributed by atoms with van der Waals surface area (Å²) in [5.74, 6) is -1.25. The molecule has 1 saturated heterocycles. The fourth-order valence-corrected chi connectivity index (χ4v) is 2.75. The minimum Gasteiger partial charge on any atom is -0.481 e. The van der Waals surface area contributed by atoms with Crippen LogP contribution in [0.5, 0.6) is 0 Å². The Bertz CT molecular complexity index is 397. The van der Waals surface area contributed by atoms with E-state index in [0.29, 0.717) is 6.54 Å². The first-order chi connectivity index (χ1) is 9.33. The molecule has 3 atom stereocenters. The maximum Gasteiger partial charge on any atom is 0.304 e. The van der Waals surface area contributed by atoms with Gasteiger partial charge in [0, 0.05) is 12.1 Å². The zero-order chi connectivity index (χ0) is 15.4. The van der Waals surface area contributed by atoms with Gasteiger partial charge in [-0.25, -0.2) is 0 Å². The summed E-state index contributed by atoms with van der Waals surface area (Å²) in [6, 6.07) is -0.888. The maximum atomic E-state index is 12.4. The third kappa shape index (κ3) is 3.36. The minimum atomic E-state index is -0.897. The van der Waals surface area contributed by atoms with Crippen LogP contribution in [0, 0.1) is 0 Å². The molecule has 6 nitrogen and oxygen atoms in total. The Morgan fingerprint density at radius 2 is 2.00 bits per heavy atom. The lowest BCUT2D eigenvalue weighted by atomic mass is 10.1. The molecule has 20 heavy (non-hydrogen) atoms. The Morgan fingerprint density at radius 3 is 2.45 bits per heavy atom. The van der Waals surface area contributed by atoms with E-state index < -0.39 is 12.0 Å². The van der Waals surface area contributed by atoms with Gasteiger partial charge in [0.15, 0.2) is 0 Å². The lowest BCUT2D eigenvalue weighted by Gasteiger charge is -2.31. The summed E-state index contributed by atoms with van der Waals surface area (Å²) in [6.07, 6.45) is 0.844. The summed E-state index contributed by atoms with van der Waals surface area (Å²) in [4.78, 5) is 38.4. The van der Waals surface area contributed by atoms with E-state index in [-0.39, 0.29) is 36.7 Å². The summed E-state index contributed by atoms with van der Waals surface area (Å²) in [6.45, 7) is 7.99. The Labute approximate surface area is 119 Å². The van der Waals surface area contributed by atoms with Crippen molar-refractivity contribution in [1.82, 2.24) is 9.80 Å².